The number of unbranched alkanes of at least 4 members (excludes halogenated alkanes) is 1. The van der Waals surface area contributed by atoms with Gasteiger partial charge in [-0.2, -0.15) is 4.57 Å². The normalized spacial score (nSPS) is 10.7. The van der Waals surface area contributed by atoms with E-state index in [9.17, 15) is 9.59 Å². The highest BCUT2D eigenvalue weighted by molar-refractivity contribution is 5.82. The highest BCUT2D eigenvalue weighted by atomic mass is 16.4. The molecule has 0 unspecified atom stereocenters. The summed E-state index contributed by atoms with van der Waals surface area (Å²) in [6.07, 6.45) is 2.78. The molecule has 0 aliphatic rings. The van der Waals surface area contributed by atoms with Gasteiger partial charge in [0.15, 0.2) is 0 Å². The molecule has 0 atom stereocenters. The maximum Gasteiger partial charge on any atom is 0.428 e. The first-order chi connectivity index (χ1) is 12.7. The van der Waals surface area contributed by atoms with Gasteiger partial charge >= 0.3 is 11.8 Å². The van der Waals surface area contributed by atoms with Crippen molar-refractivity contribution in [3.63, 3.8) is 0 Å². The zero-order chi connectivity index (χ0) is 18.4. The Morgan fingerprint density at radius 1 is 1.00 bits per heavy atom. The summed E-state index contributed by atoms with van der Waals surface area (Å²) in [6.45, 7) is 2.20. The fourth-order valence-electron chi connectivity index (χ4n) is 2.96. The van der Waals surface area contributed by atoms with Crippen molar-refractivity contribution in [2.24, 2.45) is 0 Å². The lowest BCUT2D eigenvalue weighted by Crippen LogP contribution is -2.35. The van der Waals surface area contributed by atoms with E-state index in [4.69, 9.17) is 4.42 Å². The molecule has 1 heterocycles. The Morgan fingerprint density at radius 3 is 2.35 bits per heavy atom. The second kappa shape index (κ2) is 8.34. The van der Waals surface area contributed by atoms with Gasteiger partial charge in [-0.3, -0.25) is 0 Å². The predicted octanol–water partition coefficient (Wildman–Crippen LogP) is 4.00. The average Bonchev–Trinajstić information content (AvgIpc) is 2.97. The van der Waals surface area contributed by atoms with E-state index in [1.54, 1.807) is 6.92 Å². The molecule has 5 heteroatoms. The van der Waals surface area contributed by atoms with Crippen molar-refractivity contribution >= 4 is 6.03 Å². The molecule has 134 valence electrons. The summed E-state index contributed by atoms with van der Waals surface area (Å²) in [7, 11) is 0. The van der Waals surface area contributed by atoms with Crippen LogP contribution in [0.3, 0.4) is 0 Å². The van der Waals surface area contributed by atoms with Gasteiger partial charge in [-0.25, -0.2) is 9.59 Å². The minimum Gasteiger partial charge on any atom is -0.412 e. The number of nitrogens with zero attached hydrogens (tertiary/aromatic N) is 1. The number of oxazole rings is 1. The molecule has 0 radical (unpaired) electrons. The lowest BCUT2D eigenvalue weighted by atomic mass is 10.1. The summed E-state index contributed by atoms with van der Waals surface area (Å²) in [4.78, 5) is 24.6. The van der Waals surface area contributed by atoms with Crippen LogP contribution in [-0.2, 0) is 6.42 Å². The molecule has 1 aromatic heterocycles. The van der Waals surface area contributed by atoms with Crippen LogP contribution in [0.15, 0.2) is 69.9 Å². The number of aromatic nitrogens is 1. The maximum absolute atomic E-state index is 12.5. The van der Waals surface area contributed by atoms with E-state index in [2.05, 4.69) is 17.4 Å². The lowest BCUT2D eigenvalue weighted by molar-refractivity contribution is 0.240. The van der Waals surface area contributed by atoms with Crippen LogP contribution in [0.4, 0.5) is 4.79 Å². The van der Waals surface area contributed by atoms with Crippen LogP contribution in [-0.4, -0.2) is 17.1 Å². The number of carbonyl (C=O) groups is 1. The number of carbonyl (C=O) groups excluding carboxylic acids is 1. The molecule has 3 rings (SSSR count). The first kappa shape index (κ1) is 17.7. The van der Waals surface area contributed by atoms with Gasteiger partial charge in [0.1, 0.15) is 11.5 Å². The van der Waals surface area contributed by atoms with Gasteiger partial charge in [0.05, 0.1) is 0 Å². The van der Waals surface area contributed by atoms with Crippen LogP contribution < -0.4 is 11.1 Å². The van der Waals surface area contributed by atoms with E-state index >= 15 is 0 Å². The minimum absolute atomic E-state index is 0.431. The molecular weight excluding hydrogens is 328 g/mol. The van der Waals surface area contributed by atoms with Crippen molar-refractivity contribution in [2.75, 3.05) is 6.54 Å². The molecule has 0 saturated heterocycles. The molecule has 0 aliphatic carbocycles. The van der Waals surface area contributed by atoms with Gasteiger partial charge in [-0.05, 0) is 31.7 Å². The largest absolute Gasteiger partial charge is 0.428 e. The molecule has 1 N–H and O–H groups in total. The van der Waals surface area contributed by atoms with Crippen molar-refractivity contribution in [3.8, 4) is 11.3 Å². The molecule has 1 amide bonds. The summed E-state index contributed by atoms with van der Waals surface area (Å²) in [5, 5.41) is 2.81. The van der Waals surface area contributed by atoms with Crippen molar-refractivity contribution < 1.29 is 9.21 Å². The SMILES string of the molecule is Cc1oc(=O)n(C(=O)NCCCCc2ccccc2)c1-c1ccccc1. The molecule has 3 aromatic rings. The monoisotopic (exact) mass is 350 g/mol. The Balaban J connectivity index is 1.61. The van der Waals surface area contributed by atoms with Crippen molar-refractivity contribution in [3.05, 3.63) is 82.5 Å². The van der Waals surface area contributed by atoms with Gasteiger partial charge in [-0.1, -0.05) is 60.7 Å². The third kappa shape index (κ3) is 4.11. The van der Waals surface area contributed by atoms with E-state index in [1.165, 1.54) is 5.56 Å². The Labute approximate surface area is 152 Å². The highest BCUT2D eigenvalue weighted by Crippen LogP contribution is 2.21. The van der Waals surface area contributed by atoms with E-state index in [0.29, 0.717) is 18.0 Å². The standard InChI is InChI=1S/C21H22N2O3/c1-16-19(18-13-6-3-7-14-18)23(21(25)26-16)20(24)22-15-9-8-12-17-10-4-2-5-11-17/h2-7,10-11,13-14H,8-9,12,15H2,1H3,(H,22,24). The van der Waals surface area contributed by atoms with Gasteiger partial charge in [0, 0.05) is 12.1 Å². The summed E-state index contributed by atoms with van der Waals surface area (Å²) in [5.74, 6) is -0.233. The Kier molecular flexibility index (Phi) is 5.69. The Bertz CT molecular complexity index is 911. The predicted molar refractivity (Wildman–Crippen MR) is 101 cm³/mol. The van der Waals surface area contributed by atoms with Crippen LogP contribution in [0.5, 0.6) is 0 Å². The number of nitrogens with one attached hydrogen (secondary N) is 1. The van der Waals surface area contributed by atoms with E-state index in [-0.39, 0.29) is 0 Å². The number of amides is 1. The smallest absolute Gasteiger partial charge is 0.412 e. The Hall–Kier alpha value is -3.08. The van der Waals surface area contributed by atoms with E-state index < -0.39 is 11.8 Å². The van der Waals surface area contributed by atoms with Crippen LogP contribution in [0.25, 0.3) is 11.3 Å². The molecule has 26 heavy (non-hydrogen) atoms. The molecule has 0 bridgehead atoms. The molecule has 2 aromatic carbocycles. The fourth-order valence-corrected chi connectivity index (χ4v) is 2.96. The average molecular weight is 350 g/mol. The molecule has 0 saturated carbocycles. The zero-order valence-corrected chi connectivity index (χ0v) is 14.8. The van der Waals surface area contributed by atoms with Crippen LogP contribution in [0, 0.1) is 6.92 Å². The number of aryl methyl sites for hydroxylation is 2. The van der Waals surface area contributed by atoms with Gasteiger partial charge in [-0.15, -0.1) is 0 Å². The molecule has 5 nitrogen and oxygen atoms in total. The minimum atomic E-state index is -0.664. The third-order valence-electron chi connectivity index (χ3n) is 4.24. The van der Waals surface area contributed by atoms with Crippen LogP contribution in [0.2, 0.25) is 0 Å². The number of benzene rings is 2. The fraction of sp³-hybridized carbons (Fsp3) is 0.238. The summed E-state index contributed by atoms with van der Waals surface area (Å²) < 4.78 is 6.22. The molecule has 0 fully saturated rings. The van der Waals surface area contributed by atoms with Crippen LogP contribution >= 0.6 is 0 Å². The summed E-state index contributed by atoms with van der Waals surface area (Å²) >= 11 is 0. The second-order valence-electron chi connectivity index (χ2n) is 6.15. The van der Waals surface area contributed by atoms with E-state index in [0.717, 1.165) is 29.4 Å². The highest BCUT2D eigenvalue weighted by Gasteiger charge is 2.20. The van der Waals surface area contributed by atoms with Crippen molar-refractivity contribution in [1.82, 2.24) is 9.88 Å². The van der Waals surface area contributed by atoms with Gasteiger partial charge in [0.2, 0.25) is 0 Å². The zero-order valence-electron chi connectivity index (χ0n) is 14.8. The molecule has 0 aliphatic heterocycles. The first-order valence-corrected chi connectivity index (χ1v) is 8.77. The number of rotatable bonds is 6. The van der Waals surface area contributed by atoms with Crippen molar-refractivity contribution in [1.29, 1.82) is 0 Å². The molecular formula is C21H22N2O3. The summed E-state index contributed by atoms with van der Waals surface area (Å²) in [6, 6.07) is 19.1. The number of hydrogen-bond donors (Lipinski definition) is 1. The quantitative estimate of drug-likeness (QED) is 0.684. The third-order valence-corrected chi connectivity index (χ3v) is 4.24. The first-order valence-electron chi connectivity index (χ1n) is 8.77. The lowest BCUT2D eigenvalue weighted by Gasteiger charge is -2.08. The van der Waals surface area contributed by atoms with E-state index in [1.807, 2.05) is 48.5 Å². The van der Waals surface area contributed by atoms with Gasteiger partial charge < -0.3 is 9.73 Å². The van der Waals surface area contributed by atoms with Crippen LogP contribution in [0.1, 0.15) is 24.2 Å². The number of hydrogen-bond acceptors (Lipinski definition) is 3. The Morgan fingerprint density at radius 2 is 1.65 bits per heavy atom. The second-order valence-corrected chi connectivity index (χ2v) is 6.15. The molecule has 0 spiro atoms. The maximum atomic E-state index is 12.5. The van der Waals surface area contributed by atoms with Gasteiger partial charge in [0.25, 0.3) is 0 Å². The van der Waals surface area contributed by atoms with Crippen molar-refractivity contribution in [2.45, 2.75) is 26.2 Å². The summed E-state index contributed by atoms with van der Waals surface area (Å²) in [5.41, 5.74) is 2.55. The topological polar surface area (TPSA) is 64.2 Å².